The highest BCUT2D eigenvalue weighted by Crippen LogP contribution is 2.32. The highest BCUT2D eigenvalue weighted by atomic mass is 16.8. The van der Waals surface area contributed by atoms with Gasteiger partial charge in [0.25, 0.3) is 0 Å². The van der Waals surface area contributed by atoms with E-state index in [4.69, 9.17) is 19.0 Å². The normalized spacial score (nSPS) is 28.9. The Kier molecular flexibility index (Phi) is 3.41. The van der Waals surface area contributed by atoms with E-state index in [0.717, 1.165) is 12.8 Å². The molecule has 2 saturated heterocycles. The van der Waals surface area contributed by atoms with Crippen molar-refractivity contribution in [3.8, 4) is 11.8 Å². The average Bonchev–Trinajstić information content (AvgIpc) is 2.98. The second-order valence-corrected chi connectivity index (χ2v) is 4.72. The van der Waals surface area contributed by atoms with Gasteiger partial charge in [0.15, 0.2) is 6.29 Å². The van der Waals surface area contributed by atoms with Gasteiger partial charge in [0.05, 0.1) is 6.61 Å². The fraction of sp³-hybridized carbons (Fsp3) is 0.583. The molecule has 20 heavy (non-hydrogen) atoms. The molecule has 3 heterocycles. The molecule has 2 N–H and O–H groups in total. The van der Waals surface area contributed by atoms with Gasteiger partial charge in [-0.15, -0.1) is 4.73 Å². The number of aromatic nitrogens is 1. The van der Waals surface area contributed by atoms with Crippen molar-refractivity contribution in [1.29, 1.82) is 0 Å². The summed E-state index contributed by atoms with van der Waals surface area (Å²) in [5, 5.41) is 18.7. The van der Waals surface area contributed by atoms with E-state index in [1.54, 1.807) is 0 Å². The fourth-order valence-electron chi connectivity index (χ4n) is 2.46. The van der Waals surface area contributed by atoms with E-state index >= 15 is 0 Å². The van der Waals surface area contributed by atoms with Gasteiger partial charge < -0.3 is 24.4 Å². The maximum Gasteiger partial charge on any atom is 0.534 e. The first-order valence-electron chi connectivity index (χ1n) is 6.37. The van der Waals surface area contributed by atoms with Crippen LogP contribution in [0.2, 0.25) is 0 Å². The summed E-state index contributed by atoms with van der Waals surface area (Å²) < 4.78 is 16.5. The van der Waals surface area contributed by atoms with Gasteiger partial charge in [-0.3, -0.25) is 4.84 Å². The third-order valence-corrected chi connectivity index (χ3v) is 3.43. The standard InChI is InChI=1S/C12H15NO7/c14-9-3-4-10(15)13(9)20-12(16)19-8-6-18-11-7(8)2-1-5-17-11/h3-4,7-8,11,14-15H,1-2,5-6H2/t7-,8-,11+/m1/s1. The Hall–Kier alpha value is -1.93. The second-order valence-electron chi connectivity index (χ2n) is 4.72. The van der Waals surface area contributed by atoms with E-state index in [2.05, 4.69) is 0 Å². The van der Waals surface area contributed by atoms with Gasteiger partial charge in [0.1, 0.15) is 6.10 Å². The molecule has 0 radical (unpaired) electrons. The molecule has 3 atom stereocenters. The van der Waals surface area contributed by atoms with Crippen LogP contribution in [0.3, 0.4) is 0 Å². The average molecular weight is 285 g/mol. The number of fused-ring (bicyclic) bond motifs is 1. The first-order chi connectivity index (χ1) is 9.65. The lowest BCUT2D eigenvalue weighted by Crippen LogP contribution is -2.35. The maximum absolute atomic E-state index is 11.7. The van der Waals surface area contributed by atoms with Gasteiger partial charge in [-0.1, -0.05) is 0 Å². The maximum atomic E-state index is 11.7. The monoisotopic (exact) mass is 285 g/mol. The molecule has 0 spiro atoms. The van der Waals surface area contributed by atoms with Gasteiger partial charge >= 0.3 is 6.16 Å². The number of aromatic hydroxyl groups is 2. The number of carbonyl (C=O) groups is 1. The molecule has 1 aromatic rings. The van der Waals surface area contributed by atoms with Crippen molar-refractivity contribution in [2.24, 2.45) is 5.92 Å². The van der Waals surface area contributed by atoms with E-state index in [1.165, 1.54) is 12.1 Å². The highest BCUT2D eigenvalue weighted by molar-refractivity contribution is 5.61. The molecule has 8 nitrogen and oxygen atoms in total. The van der Waals surface area contributed by atoms with Crippen LogP contribution in [0.5, 0.6) is 11.8 Å². The molecule has 0 aliphatic carbocycles. The Morgan fingerprint density at radius 2 is 2.05 bits per heavy atom. The highest BCUT2D eigenvalue weighted by Gasteiger charge is 2.42. The van der Waals surface area contributed by atoms with Crippen LogP contribution in [0.1, 0.15) is 12.8 Å². The number of hydrogen-bond acceptors (Lipinski definition) is 7. The van der Waals surface area contributed by atoms with Gasteiger partial charge in [0.2, 0.25) is 11.8 Å². The van der Waals surface area contributed by atoms with Crippen molar-refractivity contribution in [3.05, 3.63) is 12.1 Å². The Labute approximate surface area is 114 Å². The van der Waals surface area contributed by atoms with Crippen LogP contribution < -0.4 is 4.84 Å². The lowest BCUT2D eigenvalue weighted by atomic mass is 9.97. The summed E-state index contributed by atoms with van der Waals surface area (Å²) in [5.74, 6) is -0.815. The zero-order valence-electron chi connectivity index (χ0n) is 10.6. The molecule has 0 bridgehead atoms. The number of hydrogen-bond donors (Lipinski definition) is 2. The molecule has 0 amide bonds. The quantitative estimate of drug-likeness (QED) is 0.768. The third-order valence-electron chi connectivity index (χ3n) is 3.43. The largest absolute Gasteiger partial charge is 0.534 e. The summed E-state index contributed by atoms with van der Waals surface area (Å²) in [4.78, 5) is 16.4. The second kappa shape index (κ2) is 5.22. The van der Waals surface area contributed by atoms with Gasteiger partial charge in [-0.25, -0.2) is 4.79 Å². The van der Waals surface area contributed by atoms with Crippen LogP contribution in [0, 0.1) is 5.92 Å². The molecule has 0 unspecified atom stereocenters. The van der Waals surface area contributed by atoms with Gasteiger partial charge in [-0.05, 0) is 12.8 Å². The number of ether oxygens (including phenoxy) is 3. The van der Waals surface area contributed by atoms with Crippen LogP contribution >= 0.6 is 0 Å². The molecule has 2 aliphatic rings. The van der Waals surface area contributed by atoms with E-state index in [1.807, 2.05) is 0 Å². The molecular weight excluding hydrogens is 270 g/mol. The first-order valence-corrected chi connectivity index (χ1v) is 6.37. The Bertz CT molecular complexity index is 480. The van der Waals surface area contributed by atoms with Crippen LogP contribution in [-0.4, -0.2) is 46.7 Å². The van der Waals surface area contributed by atoms with Gasteiger partial charge in [0, 0.05) is 24.7 Å². The van der Waals surface area contributed by atoms with Crippen LogP contribution in [-0.2, 0) is 14.2 Å². The summed E-state index contributed by atoms with van der Waals surface area (Å²) in [6, 6.07) is 2.37. The van der Waals surface area contributed by atoms with Gasteiger partial charge in [-0.2, -0.15) is 0 Å². The van der Waals surface area contributed by atoms with Crippen molar-refractivity contribution in [2.45, 2.75) is 25.2 Å². The molecule has 1 aromatic heterocycles. The fourth-order valence-corrected chi connectivity index (χ4v) is 2.46. The zero-order chi connectivity index (χ0) is 14.1. The molecule has 2 aliphatic heterocycles. The van der Waals surface area contributed by atoms with Crippen molar-refractivity contribution >= 4 is 6.16 Å². The molecule has 2 fully saturated rings. The Morgan fingerprint density at radius 1 is 1.30 bits per heavy atom. The predicted octanol–water partition coefficient (Wildman–Crippen LogP) is 0.616. The van der Waals surface area contributed by atoms with Crippen molar-refractivity contribution < 1.29 is 34.1 Å². The SMILES string of the molecule is O=C(O[C@@H]1CO[C@@H]2OCCC[C@@H]21)On1c(O)ccc1O. The van der Waals surface area contributed by atoms with Crippen molar-refractivity contribution in [1.82, 2.24) is 4.73 Å². The topological polar surface area (TPSA) is 99.4 Å². The number of carbonyl (C=O) groups excluding carboxylic acids is 1. The lowest BCUT2D eigenvalue weighted by molar-refractivity contribution is -0.152. The summed E-state index contributed by atoms with van der Waals surface area (Å²) in [5.41, 5.74) is 0. The van der Waals surface area contributed by atoms with Crippen molar-refractivity contribution in [2.75, 3.05) is 13.2 Å². The van der Waals surface area contributed by atoms with E-state index < -0.39 is 24.0 Å². The molecule has 3 rings (SSSR count). The minimum Gasteiger partial charge on any atom is -0.492 e. The van der Waals surface area contributed by atoms with E-state index in [-0.39, 0.29) is 18.8 Å². The number of nitrogens with zero attached hydrogens (tertiary/aromatic N) is 1. The first kappa shape index (κ1) is 13.1. The van der Waals surface area contributed by atoms with E-state index in [0.29, 0.717) is 11.3 Å². The Morgan fingerprint density at radius 3 is 2.80 bits per heavy atom. The number of rotatable bonds is 2. The molecule has 0 aromatic carbocycles. The smallest absolute Gasteiger partial charge is 0.492 e. The van der Waals surface area contributed by atoms with Crippen molar-refractivity contribution in [3.63, 3.8) is 0 Å². The molecular formula is C12H15NO7. The molecule has 0 saturated carbocycles. The summed E-state index contributed by atoms with van der Waals surface area (Å²) >= 11 is 0. The lowest BCUT2D eigenvalue weighted by Gasteiger charge is -2.26. The third kappa shape index (κ3) is 2.39. The zero-order valence-corrected chi connectivity index (χ0v) is 10.6. The predicted molar refractivity (Wildman–Crippen MR) is 63.0 cm³/mol. The van der Waals surface area contributed by atoms with Crippen LogP contribution in [0.25, 0.3) is 0 Å². The van der Waals surface area contributed by atoms with Crippen LogP contribution in [0.4, 0.5) is 4.79 Å². The minimum atomic E-state index is -1.02. The van der Waals surface area contributed by atoms with Crippen LogP contribution in [0.15, 0.2) is 12.1 Å². The minimum absolute atomic E-state index is 0.0110. The summed E-state index contributed by atoms with van der Waals surface area (Å²) in [6.45, 7) is 0.886. The Balaban J connectivity index is 1.59. The summed E-state index contributed by atoms with van der Waals surface area (Å²) in [6.07, 6.45) is -0.0736. The molecule has 110 valence electrons. The molecule has 8 heteroatoms. The van der Waals surface area contributed by atoms with E-state index in [9.17, 15) is 15.0 Å². The summed E-state index contributed by atoms with van der Waals surface area (Å²) in [7, 11) is 0.